The zero-order chi connectivity index (χ0) is 9.19. The maximum absolute atomic E-state index is 2.36. The first-order valence-electron chi connectivity index (χ1n) is 5.28. The molecular formula is C13H19. The van der Waals surface area contributed by atoms with Crippen molar-refractivity contribution < 1.29 is 0 Å². The second kappa shape index (κ2) is 7.85. The predicted molar refractivity (Wildman–Crippen MR) is 59.4 cm³/mol. The zero-order valence-electron chi connectivity index (χ0n) is 8.28. The molecule has 0 aromatic heterocycles. The molecule has 1 rings (SSSR count). The van der Waals surface area contributed by atoms with Crippen LogP contribution in [-0.4, -0.2) is 0 Å². The topological polar surface area (TPSA) is 0 Å². The molecule has 0 nitrogen and oxygen atoms in total. The first-order valence-corrected chi connectivity index (χ1v) is 5.28. The summed E-state index contributed by atoms with van der Waals surface area (Å²) < 4.78 is 0. The molecule has 0 heterocycles. The van der Waals surface area contributed by atoms with Crippen molar-refractivity contribution >= 4 is 0 Å². The van der Waals surface area contributed by atoms with Gasteiger partial charge < -0.3 is 0 Å². The monoisotopic (exact) mass is 175 g/mol. The maximum atomic E-state index is 2.36. The van der Waals surface area contributed by atoms with Gasteiger partial charge in [0.1, 0.15) is 0 Å². The molecule has 0 unspecified atom stereocenters. The lowest BCUT2D eigenvalue weighted by atomic mass is 10.1. The highest BCUT2D eigenvalue weighted by atomic mass is 13.9. The van der Waals surface area contributed by atoms with E-state index in [1.807, 2.05) is 0 Å². The van der Waals surface area contributed by atoms with Gasteiger partial charge in [-0.05, 0) is 44.9 Å². The van der Waals surface area contributed by atoms with E-state index in [2.05, 4.69) is 42.9 Å². The van der Waals surface area contributed by atoms with Gasteiger partial charge in [0.05, 0.1) is 0 Å². The Hall–Kier alpha value is -0.780. The lowest BCUT2D eigenvalue weighted by Crippen LogP contribution is -1.75. The Bertz CT molecular complexity index is 184. The Kier molecular flexibility index (Phi) is 6.22. The van der Waals surface area contributed by atoms with Gasteiger partial charge in [-0.15, -0.1) is 0 Å². The third-order valence-corrected chi connectivity index (χ3v) is 2.13. The summed E-state index contributed by atoms with van der Waals surface area (Å²) in [5.41, 5.74) is 0. The zero-order valence-corrected chi connectivity index (χ0v) is 8.28. The van der Waals surface area contributed by atoms with Crippen LogP contribution in [0.3, 0.4) is 0 Å². The van der Waals surface area contributed by atoms with Crippen LogP contribution in [0.5, 0.6) is 0 Å². The Morgan fingerprint density at radius 1 is 0.615 bits per heavy atom. The second-order valence-electron chi connectivity index (χ2n) is 3.36. The van der Waals surface area contributed by atoms with Gasteiger partial charge in [-0.25, -0.2) is 0 Å². The average molecular weight is 175 g/mol. The minimum Gasteiger partial charge on any atom is -0.0885 e. The van der Waals surface area contributed by atoms with E-state index in [-0.39, 0.29) is 0 Å². The fraction of sp³-hybridized carbons (Fsp3) is 0.462. The number of allylic oxidation sites excluding steroid dienone is 6. The smallest absolute Gasteiger partial charge is 0.0313 e. The highest BCUT2D eigenvalue weighted by Gasteiger charge is 1.86. The van der Waals surface area contributed by atoms with Crippen LogP contribution < -0.4 is 0 Å². The summed E-state index contributed by atoms with van der Waals surface area (Å²) >= 11 is 0. The van der Waals surface area contributed by atoms with Crippen LogP contribution >= 0.6 is 0 Å². The normalized spacial score (nSPS) is 27.7. The summed E-state index contributed by atoms with van der Waals surface area (Å²) in [5.74, 6) is 0. The van der Waals surface area contributed by atoms with Crippen molar-refractivity contribution in [1.82, 2.24) is 0 Å². The van der Waals surface area contributed by atoms with Crippen molar-refractivity contribution in [3.8, 4) is 0 Å². The Balaban J connectivity index is 2.28. The van der Waals surface area contributed by atoms with Crippen molar-refractivity contribution in [2.75, 3.05) is 0 Å². The van der Waals surface area contributed by atoms with Gasteiger partial charge >= 0.3 is 0 Å². The lowest BCUT2D eigenvalue weighted by Gasteiger charge is -1.93. The van der Waals surface area contributed by atoms with Gasteiger partial charge in [-0.2, -0.15) is 0 Å². The standard InChI is InChI=1S/C13H19/c1-2-4-6-8-10-12-13-11-9-7-5-3-1/h1-4,7,10,12H,5-6,8-9,11,13H2/b3-1-,4-2+,12-10-. The molecule has 13 heavy (non-hydrogen) atoms. The number of hydrogen-bond acceptors (Lipinski definition) is 0. The van der Waals surface area contributed by atoms with Crippen LogP contribution in [0.15, 0.2) is 36.5 Å². The fourth-order valence-electron chi connectivity index (χ4n) is 1.35. The summed E-state index contributed by atoms with van der Waals surface area (Å²) in [6.45, 7) is 0. The number of hydrogen-bond donors (Lipinski definition) is 0. The average Bonchev–Trinajstić information content (AvgIpc) is 2.18. The molecule has 1 radical (unpaired) electrons. The predicted octanol–water partition coefficient (Wildman–Crippen LogP) is 4.21. The van der Waals surface area contributed by atoms with E-state index < -0.39 is 0 Å². The molecule has 0 atom stereocenters. The van der Waals surface area contributed by atoms with Gasteiger partial charge in [0.15, 0.2) is 0 Å². The lowest BCUT2D eigenvalue weighted by molar-refractivity contribution is 0.808. The van der Waals surface area contributed by atoms with E-state index in [4.69, 9.17) is 0 Å². The minimum atomic E-state index is 1.12. The number of rotatable bonds is 0. The summed E-state index contributed by atoms with van der Waals surface area (Å²) in [5, 5.41) is 0. The molecular weight excluding hydrogens is 156 g/mol. The van der Waals surface area contributed by atoms with E-state index in [9.17, 15) is 0 Å². The highest BCUT2D eigenvalue weighted by molar-refractivity contribution is 5.04. The molecule has 71 valence electrons. The minimum absolute atomic E-state index is 1.12. The maximum Gasteiger partial charge on any atom is -0.0313 e. The van der Waals surface area contributed by atoms with Gasteiger partial charge in [0.2, 0.25) is 0 Å². The SMILES string of the molecule is [CH]1C/C=C\C=C\CC/C=C\CCC1. The van der Waals surface area contributed by atoms with Crippen LogP contribution in [0.2, 0.25) is 0 Å². The summed E-state index contributed by atoms with van der Waals surface area (Å²) in [6.07, 6.45) is 23.0. The van der Waals surface area contributed by atoms with Gasteiger partial charge in [-0.1, -0.05) is 36.5 Å². The molecule has 0 heteroatoms. The largest absolute Gasteiger partial charge is 0.0885 e. The molecule has 1 aliphatic carbocycles. The van der Waals surface area contributed by atoms with Crippen molar-refractivity contribution in [2.24, 2.45) is 0 Å². The third-order valence-electron chi connectivity index (χ3n) is 2.13. The molecule has 0 N–H and O–H groups in total. The van der Waals surface area contributed by atoms with Gasteiger partial charge in [-0.3, -0.25) is 0 Å². The Morgan fingerprint density at radius 2 is 1.38 bits per heavy atom. The van der Waals surface area contributed by atoms with Crippen LogP contribution in [0.25, 0.3) is 0 Å². The summed E-state index contributed by atoms with van der Waals surface area (Å²) in [6, 6.07) is 0. The molecule has 0 amide bonds. The Labute approximate surface area is 82.0 Å². The van der Waals surface area contributed by atoms with Crippen LogP contribution in [0.1, 0.15) is 38.5 Å². The molecule has 0 spiro atoms. The first kappa shape index (κ1) is 10.3. The molecule has 0 saturated carbocycles. The van der Waals surface area contributed by atoms with Crippen LogP contribution in [-0.2, 0) is 0 Å². The molecule has 0 bridgehead atoms. The quantitative estimate of drug-likeness (QED) is 0.484. The van der Waals surface area contributed by atoms with Crippen LogP contribution in [0.4, 0.5) is 0 Å². The van der Waals surface area contributed by atoms with E-state index >= 15 is 0 Å². The fourth-order valence-corrected chi connectivity index (χ4v) is 1.35. The third kappa shape index (κ3) is 6.39. The van der Waals surface area contributed by atoms with Crippen molar-refractivity contribution in [3.05, 3.63) is 42.9 Å². The molecule has 0 aromatic carbocycles. The van der Waals surface area contributed by atoms with Crippen molar-refractivity contribution in [2.45, 2.75) is 38.5 Å². The molecule has 0 aromatic rings. The molecule has 1 aliphatic rings. The molecule has 0 fully saturated rings. The van der Waals surface area contributed by atoms with Crippen LogP contribution in [0, 0.1) is 6.42 Å². The van der Waals surface area contributed by atoms with Crippen molar-refractivity contribution in [3.63, 3.8) is 0 Å². The van der Waals surface area contributed by atoms with E-state index in [1.165, 1.54) is 32.1 Å². The Morgan fingerprint density at radius 3 is 2.38 bits per heavy atom. The van der Waals surface area contributed by atoms with Gasteiger partial charge in [0.25, 0.3) is 0 Å². The van der Waals surface area contributed by atoms with E-state index in [0.717, 1.165) is 6.42 Å². The van der Waals surface area contributed by atoms with E-state index in [0.29, 0.717) is 0 Å². The second-order valence-corrected chi connectivity index (χ2v) is 3.36. The molecule has 0 aliphatic heterocycles. The summed E-state index contributed by atoms with van der Waals surface area (Å²) in [4.78, 5) is 0. The van der Waals surface area contributed by atoms with Crippen molar-refractivity contribution in [1.29, 1.82) is 0 Å². The molecule has 0 saturated heterocycles. The first-order chi connectivity index (χ1) is 6.50. The summed E-state index contributed by atoms with van der Waals surface area (Å²) in [7, 11) is 0. The highest BCUT2D eigenvalue weighted by Crippen LogP contribution is 2.05. The van der Waals surface area contributed by atoms with E-state index in [1.54, 1.807) is 0 Å². The van der Waals surface area contributed by atoms with Gasteiger partial charge in [0, 0.05) is 0 Å².